The van der Waals surface area contributed by atoms with Crippen molar-refractivity contribution in [3.05, 3.63) is 65.4 Å². The average molecular weight is 492 g/mol. The van der Waals surface area contributed by atoms with Gasteiger partial charge in [0, 0.05) is 24.4 Å². The summed E-state index contributed by atoms with van der Waals surface area (Å²) in [6, 6.07) is 15.6. The van der Waals surface area contributed by atoms with Gasteiger partial charge in [0.25, 0.3) is 0 Å². The van der Waals surface area contributed by atoms with Gasteiger partial charge in [-0.25, -0.2) is 4.79 Å². The summed E-state index contributed by atoms with van der Waals surface area (Å²) in [5.41, 5.74) is 2.70. The van der Waals surface area contributed by atoms with E-state index in [1.165, 1.54) is 44.9 Å². The Balaban J connectivity index is 1.51. The number of ketones is 1. The molecule has 5 nitrogen and oxygen atoms in total. The first kappa shape index (κ1) is 27.5. The number of fused-ring (bicyclic) bond motifs is 1. The van der Waals surface area contributed by atoms with Crippen molar-refractivity contribution in [3.63, 3.8) is 0 Å². The normalized spacial score (nSPS) is 11.1. The molecular weight excluding hydrogens is 450 g/mol. The predicted octanol–water partition coefficient (Wildman–Crippen LogP) is 7.69. The molecule has 0 unspecified atom stereocenters. The lowest BCUT2D eigenvalue weighted by molar-refractivity contribution is 0.0512. The number of hydrogen-bond donors (Lipinski definition) is 0. The van der Waals surface area contributed by atoms with Crippen LogP contribution in [0.4, 0.5) is 0 Å². The summed E-state index contributed by atoms with van der Waals surface area (Å²) in [4.78, 5) is 26.0. The lowest BCUT2D eigenvalue weighted by Gasteiger charge is -2.08. The Labute approximate surface area is 215 Å². The van der Waals surface area contributed by atoms with Crippen molar-refractivity contribution in [2.75, 3.05) is 13.2 Å². The van der Waals surface area contributed by atoms with Crippen LogP contribution in [0.2, 0.25) is 0 Å². The largest absolute Gasteiger partial charge is 0.494 e. The molecule has 0 fully saturated rings. The molecule has 5 heteroatoms. The number of aryl methyl sites for hydroxylation is 2. The molecule has 0 aliphatic heterocycles. The molecule has 3 aromatic rings. The number of carbonyl (C=O) groups is 2. The van der Waals surface area contributed by atoms with Crippen LogP contribution in [0.25, 0.3) is 10.9 Å². The zero-order chi connectivity index (χ0) is 25.8. The van der Waals surface area contributed by atoms with Gasteiger partial charge in [0.05, 0.1) is 18.8 Å². The van der Waals surface area contributed by atoms with Crippen LogP contribution in [0.5, 0.6) is 5.75 Å². The number of hydrogen-bond acceptors (Lipinski definition) is 4. The third-order valence-corrected chi connectivity index (χ3v) is 6.69. The minimum atomic E-state index is -0.461. The predicted molar refractivity (Wildman–Crippen MR) is 146 cm³/mol. The van der Waals surface area contributed by atoms with Crippen LogP contribution in [0.1, 0.15) is 98.0 Å². The van der Waals surface area contributed by atoms with Crippen LogP contribution in [-0.2, 0) is 18.2 Å². The van der Waals surface area contributed by atoms with Crippen molar-refractivity contribution < 1.29 is 19.1 Å². The quantitative estimate of drug-likeness (QED) is 0.117. The van der Waals surface area contributed by atoms with Crippen molar-refractivity contribution in [3.8, 4) is 5.75 Å². The second-order valence-electron chi connectivity index (χ2n) is 9.41. The highest BCUT2D eigenvalue weighted by atomic mass is 16.5. The number of aromatic nitrogens is 1. The highest BCUT2D eigenvalue weighted by Gasteiger charge is 2.26. The molecule has 1 aromatic heterocycles. The van der Waals surface area contributed by atoms with E-state index in [1.807, 2.05) is 48.5 Å². The molecule has 3 rings (SSSR count). The summed E-state index contributed by atoms with van der Waals surface area (Å²) in [6.07, 6.45) is 11.2. The van der Waals surface area contributed by atoms with E-state index in [1.54, 1.807) is 18.5 Å². The Hall–Kier alpha value is -3.08. The molecule has 36 heavy (non-hydrogen) atoms. The maximum atomic E-state index is 13.3. The minimum Gasteiger partial charge on any atom is -0.494 e. The van der Waals surface area contributed by atoms with E-state index in [-0.39, 0.29) is 12.4 Å². The van der Waals surface area contributed by atoms with Gasteiger partial charge in [-0.3, -0.25) is 4.79 Å². The molecule has 0 bridgehead atoms. The standard InChI is InChI=1S/C31H41NO4/c1-4-6-7-8-9-10-11-14-23-36-25-20-17-24(18-21-25)19-22-28(33)29-26-15-12-13-16-27(26)32(3)30(29)31(34)35-5-2/h12-13,15-18,20-21H,4-11,14,19,22-23H2,1-3H3. The van der Waals surface area contributed by atoms with Gasteiger partial charge in [-0.2, -0.15) is 0 Å². The third kappa shape index (κ3) is 7.46. The zero-order valence-corrected chi connectivity index (χ0v) is 22.2. The third-order valence-electron chi connectivity index (χ3n) is 6.69. The van der Waals surface area contributed by atoms with Crippen molar-refractivity contribution in [2.45, 2.75) is 78.1 Å². The molecule has 0 atom stereocenters. The number of unbranched alkanes of at least 4 members (excludes halogenated alkanes) is 7. The van der Waals surface area contributed by atoms with Gasteiger partial charge < -0.3 is 14.0 Å². The molecule has 2 aromatic carbocycles. The highest BCUT2D eigenvalue weighted by Crippen LogP contribution is 2.28. The molecule has 0 saturated heterocycles. The molecule has 0 radical (unpaired) electrons. The average Bonchev–Trinajstić information content (AvgIpc) is 3.19. The van der Waals surface area contributed by atoms with E-state index in [2.05, 4.69) is 6.92 Å². The number of Topliss-reactive ketones (excluding diaryl/α,β-unsaturated/α-hetero) is 1. The minimum absolute atomic E-state index is 0.0510. The second-order valence-corrected chi connectivity index (χ2v) is 9.41. The van der Waals surface area contributed by atoms with Crippen LogP contribution in [0, 0.1) is 0 Å². The molecular formula is C31H41NO4. The van der Waals surface area contributed by atoms with Crippen molar-refractivity contribution in [1.82, 2.24) is 4.57 Å². The molecule has 0 spiro atoms. The number of esters is 1. The fraction of sp³-hybridized carbons (Fsp3) is 0.484. The van der Waals surface area contributed by atoms with Gasteiger partial charge >= 0.3 is 5.97 Å². The summed E-state index contributed by atoms with van der Waals surface area (Å²) in [5.74, 6) is 0.356. The number of rotatable bonds is 16. The van der Waals surface area contributed by atoms with Crippen LogP contribution in [0.15, 0.2) is 48.5 Å². The molecule has 194 valence electrons. The lowest BCUT2D eigenvalue weighted by Crippen LogP contribution is -2.15. The van der Waals surface area contributed by atoms with Gasteiger partial charge in [0.1, 0.15) is 11.4 Å². The van der Waals surface area contributed by atoms with E-state index >= 15 is 0 Å². The Bertz CT molecular complexity index is 1110. The second kappa shape index (κ2) is 14.5. The van der Waals surface area contributed by atoms with E-state index in [0.717, 1.165) is 35.2 Å². The summed E-state index contributed by atoms with van der Waals surface area (Å²) in [6.45, 7) is 5.02. The fourth-order valence-electron chi connectivity index (χ4n) is 4.68. The number of para-hydroxylation sites is 1. The van der Waals surface area contributed by atoms with E-state index < -0.39 is 5.97 Å². The Morgan fingerprint density at radius 1 is 0.833 bits per heavy atom. The monoisotopic (exact) mass is 491 g/mol. The summed E-state index contributed by atoms with van der Waals surface area (Å²) in [5, 5.41) is 0.790. The van der Waals surface area contributed by atoms with Crippen molar-refractivity contribution in [1.29, 1.82) is 0 Å². The summed E-state index contributed by atoms with van der Waals surface area (Å²) < 4.78 is 12.9. The molecule has 0 aliphatic carbocycles. The first-order valence-corrected chi connectivity index (χ1v) is 13.6. The maximum absolute atomic E-state index is 13.3. The summed E-state index contributed by atoms with van der Waals surface area (Å²) >= 11 is 0. The topological polar surface area (TPSA) is 57.5 Å². The zero-order valence-electron chi connectivity index (χ0n) is 22.2. The first-order chi connectivity index (χ1) is 17.6. The number of carbonyl (C=O) groups excluding carboxylic acids is 2. The highest BCUT2D eigenvalue weighted by molar-refractivity contribution is 6.15. The van der Waals surface area contributed by atoms with E-state index in [0.29, 0.717) is 24.1 Å². The van der Waals surface area contributed by atoms with Crippen LogP contribution >= 0.6 is 0 Å². The van der Waals surface area contributed by atoms with Gasteiger partial charge in [-0.1, -0.05) is 82.2 Å². The van der Waals surface area contributed by atoms with E-state index in [9.17, 15) is 9.59 Å². The van der Waals surface area contributed by atoms with Gasteiger partial charge in [-0.15, -0.1) is 0 Å². The van der Waals surface area contributed by atoms with Crippen LogP contribution in [-0.4, -0.2) is 29.5 Å². The fourth-order valence-corrected chi connectivity index (χ4v) is 4.68. The van der Waals surface area contributed by atoms with Gasteiger partial charge in [0.15, 0.2) is 5.78 Å². The molecule has 0 aliphatic rings. The number of benzene rings is 2. The first-order valence-electron chi connectivity index (χ1n) is 13.6. The van der Waals surface area contributed by atoms with E-state index in [4.69, 9.17) is 9.47 Å². The van der Waals surface area contributed by atoms with Gasteiger partial charge in [0.2, 0.25) is 0 Å². The number of nitrogens with zero attached hydrogens (tertiary/aromatic N) is 1. The molecule has 0 amide bonds. The maximum Gasteiger partial charge on any atom is 0.355 e. The Morgan fingerprint density at radius 2 is 1.50 bits per heavy atom. The van der Waals surface area contributed by atoms with Crippen molar-refractivity contribution >= 4 is 22.7 Å². The van der Waals surface area contributed by atoms with Crippen LogP contribution in [0.3, 0.4) is 0 Å². The number of ether oxygens (including phenoxy) is 2. The molecule has 0 saturated carbocycles. The van der Waals surface area contributed by atoms with Crippen LogP contribution < -0.4 is 4.74 Å². The Kier molecular flexibility index (Phi) is 11.1. The Morgan fingerprint density at radius 3 is 2.19 bits per heavy atom. The molecule has 0 N–H and O–H groups in total. The smallest absolute Gasteiger partial charge is 0.355 e. The summed E-state index contributed by atoms with van der Waals surface area (Å²) in [7, 11) is 1.80. The SMILES string of the molecule is CCCCCCCCCCOc1ccc(CCC(=O)c2c(C(=O)OCC)n(C)c3ccccc23)cc1. The van der Waals surface area contributed by atoms with Gasteiger partial charge in [-0.05, 0) is 43.5 Å². The van der Waals surface area contributed by atoms with Crippen molar-refractivity contribution in [2.24, 2.45) is 7.05 Å². The molecule has 1 heterocycles. The lowest BCUT2D eigenvalue weighted by atomic mass is 10.00.